The lowest BCUT2D eigenvalue weighted by molar-refractivity contribution is 0.492. The molecule has 21 heavy (non-hydrogen) atoms. The van der Waals surface area contributed by atoms with Gasteiger partial charge in [0.05, 0.1) is 15.9 Å². The minimum absolute atomic E-state index is 0.0333. The molecule has 0 spiro atoms. The van der Waals surface area contributed by atoms with Gasteiger partial charge in [-0.05, 0) is 36.8 Å². The Hall–Kier alpha value is -1.27. The predicted octanol–water partition coefficient (Wildman–Crippen LogP) is 4.03. The number of hydrogen-bond donors (Lipinski definition) is 0. The molecule has 1 aromatic carbocycles. The first-order valence-corrected chi connectivity index (χ1v) is 8.16. The van der Waals surface area contributed by atoms with Crippen LogP contribution in [-0.4, -0.2) is 9.13 Å². The van der Waals surface area contributed by atoms with E-state index in [9.17, 15) is 4.79 Å². The first-order valence-electron chi connectivity index (χ1n) is 6.45. The molecule has 110 valence electrons. The lowest BCUT2D eigenvalue weighted by Gasteiger charge is -2.11. The molecule has 2 heterocycles. The van der Waals surface area contributed by atoms with Gasteiger partial charge >= 0.3 is 5.69 Å². The van der Waals surface area contributed by atoms with Gasteiger partial charge in [0, 0.05) is 18.6 Å². The van der Waals surface area contributed by atoms with Gasteiger partial charge in [0.1, 0.15) is 11.5 Å². The van der Waals surface area contributed by atoms with Crippen molar-refractivity contribution in [1.29, 1.82) is 0 Å². The van der Waals surface area contributed by atoms with E-state index in [1.54, 1.807) is 23.2 Å². The van der Waals surface area contributed by atoms with E-state index in [1.807, 2.05) is 31.2 Å². The number of aryl methyl sites for hydroxylation is 3. The van der Waals surface area contributed by atoms with Crippen LogP contribution in [0.4, 0.5) is 0 Å². The van der Waals surface area contributed by atoms with Gasteiger partial charge in [-0.2, -0.15) is 0 Å². The van der Waals surface area contributed by atoms with Crippen LogP contribution in [0.2, 0.25) is 0 Å². The highest BCUT2D eigenvalue weighted by Gasteiger charge is 2.19. The summed E-state index contributed by atoms with van der Waals surface area (Å²) in [6.07, 6.45) is 0. The van der Waals surface area contributed by atoms with Crippen molar-refractivity contribution < 1.29 is 4.42 Å². The third kappa shape index (κ3) is 2.30. The normalized spacial score (nSPS) is 13.0. The third-order valence-electron chi connectivity index (χ3n) is 3.67. The Balaban J connectivity index is 2.21. The lowest BCUT2D eigenvalue weighted by atomic mass is 10.1. The number of hydrogen-bond acceptors (Lipinski definition) is 2. The molecule has 2 aromatic heterocycles. The predicted molar refractivity (Wildman–Crippen MR) is 90.1 cm³/mol. The molecule has 0 saturated heterocycles. The summed E-state index contributed by atoms with van der Waals surface area (Å²) in [7, 11) is 3.56. The Bertz CT molecular complexity index is 889. The summed E-state index contributed by atoms with van der Waals surface area (Å²) in [6.45, 7) is 1.92. The Labute approximate surface area is 138 Å². The molecule has 1 atom stereocenters. The SMILES string of the molecule is Cc1ccc(C(Br)c2cc3c(cc2Br)n(C)c(=O)n3C)o1. The van der Waals surface area contributed by atoms with Crippen LogP contribution in [-0.2, 0) is 14.1 Å². The molecule has 3 rings (SSSR count). The zero-order chi connectivity index (χ0) is 15.3. The van der Waals surface area contributed by atoms with E-state index < -0.39 is 0 Å². The second-order valence-electron chi connectivity index (χ2n) is 5.07. The first-order chi connectivity index (χ1) is 9.90. The maximum absolute atomic E-state index is 12.0. The Kier molecular flexibility index (Phi) is 3.61. The highest BCUT2D eigenvalue weighted by molar-refractivity contribution is 9.11. The number of furan rings is 1. The molecule has 3 aromatic rings. The highest BCUT2D eigenvalue weighted by atomic mass is 79.9. The molecular weight excluding hydrogens is 400 g/mol. The second-order valence-corrected chi connectivity index (χ2v) is 6.84. The molecule has 0 radical (unpaired) electrons. The number of rotatable bonds is 2. The van der Waals surface area contributed by atoms with Crippen LogP contribution in [0.5, 0.6) is 0 Å². The largest absolute Gasteiger partial charge is 0.465 e. The van der Waals surface area contributed by atoms with E-state index in [-0.39, 0.29) is 10.5 Å². The molecule has 0 aliphatic heterocycles. The summed E-state index contributed by atoms with van der Waals surface area (Å²) in [5.41, 5.74) is 2.79. The summed E-state index contributed by atoms with van der Waals surface area (Å²) >= 11 is 7.27. The Morgan fingerprint density at radius 3 is 2.33 bits per heavy atom. The zero-order valence-electron chi connectivity index (χ0n) is 11.9. The summed E-state index contributed by atoms with van der Waals surface area (Å²) in [6, 6.07) is 7.87. The monoisotopic (exact) mass is 412 g/mol. The fourth-order valence-corrected chi connectivity index (χ4v) is 3.97. The van der Waals surface area contributed by atoms with Crippen molar-refractivity contribution in [2.45, 2.75) is 11.8 Å². The molecule has 0 bridgehead atoms. The molecule has 0 N–H and O–H groups in total. The number of nitrogens with zero attached hydrogens (tertiary/aromatic N) is 2. The topological polar surface area (TPSA) is 40.1 Å². The molecule has 0 saturated carbocycles. The number of alkyl halides is 1. The highest BCUT2D eigenvalue weighted by Crippen LogP contribution is 2.38. The van der Waals surface area contributed by atoms with Gasteiger partial charge in [-0.25, -0.2) is 4.79 Å². The average Bonchev–Trinajstić information content (AvgIpc) is 2.97. The third-order valence-corrected chi connectivity index (χ3v) is 5.31. The van der Waals surface area contributed by atoms with E-state index in [0.717, 1.165) is 32.6 Å². The molecule has 4 nitrogen and oxygen atoms in total. The van der Waals surface area contributed by atoms with Crippen molar-refractivity contribution in [2.75, 3.05) is 0 Å². The molecule has 0 fully saturated rings. The average molecular weight is 414 g/mol. The van der Waals surface area contributed by atoms with Gasteiger partial charge in [0.15, 0.2) is 0 Å². The van der Waals surface area contributed by atoms with Crippen molar-refractivity contribution in [3.05, 3.63) is 56.3 Å². The fraction of sp³-hybridized carbons (Fsp3) is 0.267. The van der Waals surface area contributed by atoms with E-state index in [2.05, 4.69) is 31.9 Å². The van der Waals surface area contributed by atoms with Gasteiger partial charge in [-0.15, -0.1) is 0 Å². The Morgan fingerprint density at radius 2 is 1.76 bits per heavy atom. The van der Waals surface area contributed by atoms with Crippen LogP contribution in [0, 0.1) is 6.92 Å². The molecular formula is C15H14Br2N2O2. The molecule has 1 unspecified atom stereocenters. The Morgan fingerprint density at radius 1 is 1.14 bits per heavy atom. The number of aromatic nitrogens is 2. The minimum Gasteiger partial charge on any atom is -0.465 e. The van der Waals surface area contributed by atoms with Crippen LogP contribution >= 0.6 is 31.9 Å². The van der Waals surface area contributed by atoms with Gasteiger partial charge in [0.25, 0.3) is 0 Å². The van der Waals surface area contributed by atoms with Gasteiger partial charge in [-0.3, -0.25) is 9.13 Å². The minimum atomic E-state index is -0.0692. The quantitative estimate of drug-likeness (QED) is 0.595. The summed E-state index contributed by atoms with van der Waals surface area (Å²) in [4.78, 5) is 12.0. The van der Waals surface area contributed by atoms with Crippen molar-refractivity contribution in [3.63, 3.8) is 0 Å². The lowest BCUT2D eigenvalue weighted by Crippen LogP contribution is -2.19. The number of imidazole rings is 1. The standard InChI is InChI=1S/C15H14Br2N2O2/c1-8-4-5-13(21-8)14(17)9-6-11-12(7-10(9)16)19(3)15(20)18(11)2/h4-7,14H,1-3H3. The number of fused-ring (bicyclic) bond motifs is 1. The summed E-state index contributed by atoms with van der Waals surface area (Å²) < 4.78 is 9.92. The molecule has 0 aliphatic carbocycles. The number of halogens is 2. The van der Waals surface area contributed by atoms with Crippen LogP contribution < -0.4 is 5.69 Å². The van der Waals surface area contributed by atoms with E-state index in [0.29, 0.717) is 0 Å². The van der Waals surface area contributed by atoms with E-state index in [4.69, 9.17) is 4.42 Å². The van der Waals surface area contributed by atoms with Crippen LogP contribution in [0.15, 0.2) is 37.9 Å². The first kappa shape index (κ1) is 14.7. The van der Waals surface area contributed by atoms with E-state index >= 15 is 0 Å². The summed E-state index contributed by atoms with van der Waals surface area (Å²) in [5.74, 6) is 1.72. The molecule has 0 aliphatic rings. The smallest absolute Gasteiger partial charge is 0.328 e. The van der Waals surface area contributed by atoms with Crippen LogP contribution in [0.1, 0.15) is 21.9 Å². The maximum atomic E-state index is 12.0. The van der Waals surface area contributed by atoms with Gasteiger partial charge in [-0.1, -0.05) is 31.9 Å². The zero-order valence-corrected chi connectivity index (χ0v) is 15.0. The van der Waals surface area contributed by atoms with Crippen molar-refractivity contribution in [3.8, 4) is 0 Å². The number of benzene rings is 1. The van der Waals surface area contributed by atoms with E-state index in [1.165, 1.54) is 0 Å². The fourth-order valence-electron chi connectivity index (χ4n) is 2.47. The van der Waals surface area contributed by atoms with Gasteiger partial charge < -0.3 is 4.42 Å². The van der Waals surface area contributed by atoms with Crippen molar-refractivity contribution >= 4 is 42.9 Å². The maximum Gasteiger partial charge on any atom is 0.328 e. The van der Waals surface area contributed by atoms with Crippen LogP contribution in [0.25, 0.3) is 11.0 Å². The van der Waals surface area contributed by atoms with Crippen molar-refractivity contribution in [1.82, 2.24) is 9.13 Å². The second kappa shape index (κ2) is 5.18. The molecule has 6 heteroatoms. The molecule has 0 amide bonds. The van der Waals surface area contributed by atoms with Gasteiger partial charge in [0.2, 0.25) is 0 Å². The summed E-state index contributed by atoms with van der Waals surface area (Å²) in [5, 5.41) is 0. The van der Waals surface area contributed by atoms with Crippen LogP contribution in [0.3, 0.4) is 0 Å². The van der Waals surface area contributed by atoms with Crippen molar-refractivity contribution in [2.24, 2.45) is 14.1 Å².